The van der Waals surface area contributed by atoms with E-state index in [-0.39, 0.29) is 6.10 Å². The molecular weight excluding hydrogens is 309 g/mol. The van der Waals surface area contributed by atoms with Gasteiger partial charge in [0.05, 0.1) is 22.3 Å². The van der Waals surface area contributed by atoms with Crippen LogP contribution in [-0.2, 0) is 11.3 Å². The molecule has 21 heavy (non-hydrogen) atoms. The molecule has 1 saturated heterocycles. The number of halogens is 2. The Kier molecular flexibility index (Phi) is 4.80. The second-order valence-corrected chi connectivity index (χ2v) is 6.00. The summed E-state index contributed by atoms with van der Waals surface area (Å²) in [7, 11) is 0. The molecule has 0 spiro atoms. The SMILES string of the molecule is Clc1cccc(CNC[C@H]2CCO[C@@H]2c2cn[nH]c2)c1Cl. The van der Waals surface area contributed by atoms with E-state index in [0.29, 0.717) is 22.5 Å². The zero-order valence-corrected chi connectivity index (χ0v) is 13.0. The number of H-pyrrole nitrogens is 1. The molecule has 2 atom stereocenters. The number of ether oxygens (including phenoxy) is 1. The van der Waals surface area contributed by atoms with Crippen LogP contribution >= 0.6 is 23.2 Å². The Morgan fingerprint density at radius 2 is 2.29 bits per heavy atom. The molecule has 2 N–H and O–H groups in total. The minimum atomic E-state index is 0.117. The fourth-order valence-corrected chi connectivity index (χ4v) is 3.09. The average molecular weight is 326 g/mol. The molecule has 4 nitrogen and oxygen atoms in total. The summed E-state index contributed by atoms with van der Waals surface area (Å²) in [5, 5.41) is 11.5. The van der Waals surface area contributed by atoms with Crippen LogP contribution in [0.3, 0.4) is 0 Å². The van der Waals surface area contributed by atoms with Gasteiger partial charge in [0.1, 0.15) is 0 Å². The minimum absolute atomic E-state index is 0.117. The predicted octanol–water partition coefficient (Wildman–Crippen LogP) is 3.58. The van der Waals surface area contributed by atoms with Crippen molar-refractivity contribution in [1.29, 1.82) is 0 Å². The van der Waals surface area contributed by atoms with Gasteiger partial charge in [-0.3, -0.25) is 5.10 Å². The summed E-state index contributed by atoms with van der Waals surface area (Å²) in [6.07, 6.45) is 4.89. The first-order valence-electron chi connectivity index (χ1n) is 6.99. The summed E-state index contributed by atoms with van der Waals surface area (Å²) in [4.78, 5) is 0. The van der Waals surface area contributed by atoms with Crippen molar-refractivity contribution in [2.75, 3.05) is 13.2 Å². The van der Waals surface area contributed by atoms with Crippen LogP contribution < -0.4 is 5.32 Å². The molecule has 1 fully saturated rings. The maximum absolute atomic E-state index is 6.19. The zero-order chi connectivity index (χ0) is 14.7. The molecule has 2 heterocycles. The highest BCUT2D eigenvalue weighted by atomic mass is 35.5. The molecule has 0 unspecified atom stereocenters. The molecule has 1 aromatic heterocycles. The molecular formula is C15H17Cl2N3O. The molecule has 1 aromatic carbocycles. The lowest BCUT2D eigenvalue weighted by Gasteiger charge is -2.18. The van der Waals surface area contributed by atoms with Gasteiger partial charge in [0.15, 0.2) is 0 Å². The summed E-state index contributed by atoms with van der Waals surface area (Å²) >= 11 is 12.2. The minimum Gasteiger partial charge on any atom is -0.373 e. The third kappa shape index (κ3) is 3.40. The van der Waals surface area contributed by atoms with Crippen LogP contribution in [0.1, 0.15) is 23.7 Å². The molecule has 0 radical (unpaired) electrons. The maximum Gasteiger partial charge on any atom is 0.0896 e. The molecule has 6 heteroatoms. The molecule has 0 amide bonds. The number of benzene rings is 1. The Bertz CT molecular complexity index is 589. The van der Waals surface area contributed by atoms with Gasteiger partial charge in [-0.05, 0) is 18.1 Å². The molecule has 0 bridgehead atoms. The second-order valence-electron chi connectivity index (χ2n) is 5.22. The van der Waals surface area contributed by atoms with E-state index in [2.05, 4.69) is 15.5 Å². The summed E-state index contributed by atoms with van der Waals surface area (Å²) in [5.74, 6) is 0.445. The van der Waals surface area contributed by atoms with E-state index in [1.54, 1.807) is 6.07 Å². The highest BCUT2D eigenvalue weighted by molar-refractivity contribution is 6.42. The first-order chi connectivity index (χ1) is 10.3. The Hall–Kier alpha value is -1.07. The fourth-order valence-electron chi connectivity index (χ4n) is 2.71. The van der Waals surface area contributed by atoms with Crippen molar-refractivity contribution in [2.24, 2.45) is 5.92 Å². The Morgan fingerprint density at radius 1 is 1.38 bits per heavy atom. The van der Waals surface area contributed by atoms with Crippen LogP contribution in [0.4, 0.5) is 0 Å². The van der Waals surface area contributed by atoms with Crippen molar-refractivity contribution in [3.8, 4) is 0 Å². The number of nitrogens with zero attached hydrogens (tertiary/aromatic N) is 1. The standard InChI is InChI=1S/C15H17Cl2N3O/c16-13-3-1-2-10(14(13)17)6-18-7-11-4-5-21-15(11)12-8-19-20-9-12/h1-3,8-9,11,15,18H,4-7H2,(H,19,20)/t11-,15+/m1/s1. The van der Waals surface area contributed by atoms with Gasteiger partial charge in [0.25, 0.3) is 0 Å². The molecule has 1 aliphatic rings. The smallest absolute Gasteiger partial charge is 0.0896 e. The van der Waals surface area contributed by atoms with Crippen molar-refractivity contribution in [1.82, 2.24) is 15.5 Å². The third-order valence-corrected chi connectivity index (χ3v) is 4.67. The number of aromatic amines is 1. The highest BCUT2D eigenvalue weighted by Crippen LogP contribution is 2.33. The average Bonchev–Trinajstić information content (AvgIpc) is 3.14. The molecule has 2 aromatic rings. The first-order valence-corrected chi connectivity index (χ1v) is 7.75. The summed E-state index contributed by atoms with van der Waals surface area (Å²) < 4.78 is 5.81. The van der Waals surface area contributed by atoms with E-state index in [1.165, 1.54) is 0 Å². The van der Waals surface area contributed by atoms with Crippen LogP contribution in [0.15, 0.2) is 30.6 Å². The van der Waals surface area contributed by atoms with Gasteiger partial charge in [-0.15, -0.1) is 0 Å². The van der Waals surface area contributed by atoms with Gasteiger partial charge in [-0.2, -0.15) is 5.10 Å². The molecule has 0 saturated carbocycles. The Morgan fingerprint density at radius 3 is 3.10 bits per heavy atom. The molecule has 1 aliphatic heterocycles. The number of aromatic nitrogens is 2. The maximum atomic E-state index is 6.19. The summed E-state index contributed by atoms with van der Waals surface area (Å²) in [5.41, 5.74) is 2.13. The van der Waals surface area contributed by atoms with E-state index in [4.69, 9.17) is 27.9 Å². The van der Waals surface area contributed by atoms with Crippen LogP contribution in [0.25, 0.3) is 0 Å². The lowest BCUT2D eigenvalue weighted by Crippen LogP contribution is -2.24. The molecule has 3 rings (SSSR count). The van der Waals surface area contributed by atoms with Gasteiger partial charge in [-0.25, -0.2) is 0 Å². The number of nitrogens with one attached hydrogen (secondary N) is 2. The zero-order valence-electron chi connectivity index (χ0n) is 11.5. The fraction of sp³-hybridized carbons (Fsp3) is 0.400. The van der Waals surface area contributed by atoms with Gasteiger partial charge >= 0.3 is 0 Å². The van der Waals surface area contributed by atoms with E-state index in [9.17, 15) is 0 Å². The van der Waals surface area contributed by atoms with Gasteiger partial charge in [0, 0.05) is 37.4 Å². The van der Waals surface area contributed by atoms with E-state index < -0.39 is 0 Å². The second kappa shape index (κ2) is 6.79. The number of hydrogen-bond donors (Lipinski definition) is 2. The number of hydrogen-bond acceptors (Lipinski definition) is 3. The van der Waals surface area contributed by atoms with Gasteiger partial charge < -0.3 is 10.1 Å². The van der Waals surface area contributed by atoms with Crippen LogP contribution in [0, 0.1) is 5.92 Å². The molecule has 112 valence electrons. The quantitative estimate of drug-likeness (QED) is 0.883. The van der Waals surface area contributed by atoms with E-state index in [1.807, 2.05) is 24.5 Å². The lowest BCUT2D eigenvalue weighted by molar-refractivity contribution is 0.0905. The summed E-state index contributed by atoms with van der Waals surface area (Å²) in [6.45, 7) is 2.37. The van der Waals surface area contributed by atoms with Crippen molar-refractivity contribution in [3.05, 3.63) is 51.8 Å². The van der Waals surface area contributed by atoms with E-state index in [0.717, 1.165) is 30.7 Å². The van der Waals surface area contributed by atoms with Gasteiger partial charge in [0.2, 0.25) is 0 Å². The Balaban J connectivity index is 1.56. The highest BCUT2D eigenvalue weighted by Gasteiger charge is 2.29. The van der Waals surface area contributed by atoms with Crippen LogP contribution in [0.5, 0.6) is 0 Å². The largest absolute Gasteiger partial charge is 0.373 e. The monoisotopic (exact) mass is 325 g/mol. The third-order valence-electron chi connectivity index (χ3n) is 3.82. The van der Waals surface area contributed by atoms with Crippen molar-refractivity contribution in [3.63, 3.8) is 0 Å². The van der Waals surface area contributed by atoms with Crippen molar-refractivity contribution >= 4 is 23.2 Å². The van der Waals surface area contributed by atoms with E-state index >= 15 is 0 Å². The Labute approximate surface area is 133 Å². The van der Waals surface area contributed by atoms with Crippen LogP contribution in [-0.4, -0.2) is 23.3 Å². The first kappa shape index (κ1) is 14.9. The van der Waals surface area contributed by atoms with Gasteiger partial charge in [-0.1, -0.05) is 35.3 Å². The normalized spacial score (nSPS) is 21.8. The predicted molar refractivity (Wildman–Crippen MR) is 83.6 cm³/mol. The number of rotatable bonds is 5. The summed E-state index contributed by atoms with van der Waals surface area (Å²) in [6, 6.07) is 5.70. The van der Waals surface area contributed by atoms with Crippen molar-refractivity contribution < 1.29 is 4.74 Å². The lowest BCUT2D eigenvalue weighted by atomic mass is 9.97. The molecule has 0 aliphatic carbocycles. The van der Waals surface area contributed by atoms with Crippen LogP contribution in [0.2, 0.25) is 10.0 Å². The van der Waals surface area contributed by atoms with Crippen molar-refractivity contribution in [2.45, 2.75) is 19.1 Å². The topological polar surface area (TPSA) is 49.9 Å².